The predicted molar refractivity (Wildman–Crippen MR) is 118 cm³/mol. The van der Waals surface area contributed by atoms with Gasteiger partial charge in [0.2, 0.25) is 5.91 Å². The number of rotatable bonds is 6. The van der Waals surface area contributed by atoms with Gasteiger partial charge in [0.15, 0.2) is 10.3 Å². The fraction of sp³-hybridized carbons (Fsp3) is 0.0526. The molecule has 4 rings (SSSR count). The third kappa shape index (κ3) is 4.79. The Balaban J connectivity index is 1.39. The molecule has 6 nitrogen and oxygen atoms in total. The van der Waals surface area contributed by atoms with E-state index in [0.29, 0.717) is 26.0 Å². The summed E-state index contributed by atoms with van der Waals surface area (Å²) in [5.41, 5.74) is 2.38. The lowest BCUT2D eigenvalue weighted by atomic mass is 10.2. The van der Waals surface area contributed by atoms with Crippen LogP contribution in [0.25, 0.3) is 16.9 Å². The first-order valence-electron chi connectivity index (χ1n) is 8.39. The number of nitrogens with one attached hydrogen (secondary N) is 1. The number of thioether (sulfide) groups is 1. The maximum Gasteiger partial charge on any atom is 0.236 e. The van der Waals surface area contributed by atoms with Gasteiger partial charge in [-0.3, -0.25) is 9.36 Å². The van der Waals surface area contributed by atoms with Crippen molar-refractivity contribution in [2.75, 3.05) is 11.1 Å². The summed E-state index contributed by atoms with van der Waals surface area (Å²) in [6.45, 7) is 0. The normalized spacial score (nSPS) is 10.8. The van der Waals surface area contributed by atoms with E-state index in [1.54, 1.807) is 24.5 Å². The summed E-state index contributed by atoms with van der Waals surface area (Å²) in [5, 5.41) is 14.9. The molecule has 0 fully saturated rings. The second-order valence-corrected chi connectivity index (χ2v) is 8.46. The Hall–Kier alpha value is -2.39. The first-order chi connectivity index (χ1) is 14.1. The van der Waals surface area contributed by atoms with E-state index in [4.69, 9.17) is 23.2 Å². The SMILES string of the molecule is O=C(CSc1nncn1-c1ccccc1)Nc1nc(-c2ccc(Cl)cc2Cl)cs1. The number of hydrogen-bond donors (Lipinski definition) is 1. The summed E-state index contributed by atoms with van der Waals surface area (Å²) >= 11 is 14.8. The summed E-state index contributed by atoms with van der Waals surface area (Å²) in [7, 11) is 0. The zero-order chi connectivity index (χ0) is 20.2. The Labute approximate surface area is 184 Å². The van der Waals surface area contributed by atoms with Crippen LogP contribution in [0.1, 0.15) is 0 Å². The predicted octanol–water partition coefficient (Wildman–Crippen LogP) is 5.43. The highest BCUT2D eigenvalue weighted by Crippen LogP contribution is 2.32. The minimum atomic E-state index is -0.180. The zero-order valence-electron chi connectivity index (χ0n) is 14.8. The molecule has 0 bridgehead atoms. The van der Waals surface area contributed by atoms with Crippen LogP contribution in [0.4, 0.5) is 5.13 Å². The van der Waals surface area contributed by atoms with E-state index >= 15 is 0 Å². The molecule has 146 valence electrons. The number of nitrogens with zero attached hydrogens (tertiary/aromatic N) is 4. The first-order valence-corrected chi connectivity index (χ1v) is 11.0. The lowest BCUT2D eigenvalue weighted by molar-refractivity contribution is -0.113. The van der Waals surface area contributed by atoms with Gasteiger partial charge in [-0.25, -0.2) is 4.98 Å². The third-order valence-electron chi connectivity index (χ3n) is 3.84. The van der Waals surface area contributed by atoms with E-state index in [0.717, 1.165) is 11.3 Å². The van der Waals surface area contributed by atoms with Gasteiger partial charge in [-0.15, -0.1) is 21.5 Å². The second-order valence-electron chi connectivity index (χ2n) is 5.82. The van der Waals surface area contributed by atoms with E-state index < -0.39 is 0 Å². The Morgan fingerprint density at radius 3 is 2.79 bits per heavy atom. The standard InChI is InChI=1S/C19H13Cl2N5OS2/c20-12-6-7-14(15(21)8-12)16-9-28-18(23-16)24-17(27)10-29-19-25-22-11-26(19)13-4-2-1-3-5-13/h1-9,11H,10H2,(H,23,24,27). The van der Waals surface area contributed by atoms with Crippen LogP contribution in [0.15, 0.2) is 65.4 Å². The van der Waals surface area contributed by atoms with Gasteiger partial charge in [0.05, 0.1) is 16.5 Å². The van der Waals surface area contributed by atoms with Crippen LogP contribution in [0.3, 0.4) is 0 Å². The van der Waals surface area contributed by atoms with Crippen molar-refractivity contribution in [3.8, 4) is 16.9 Å². The molecule has 2 aromatic heterocycles. The van der Waals surface area contributed by atoms with Crippen LogP contribution in [0.5, 0.6) is 0 Å². The number of amides is 1. The minimum absolute atomic E-state index is 0.180. The van der Waals surface area contributed by atoms with E-state index in [2.05, 4.69) is 20.5 Å². The van der Waals surface area contributed by atoms with Crippen molar-refractivity contribution in [1.29, 1.82) is 0 Å². The third-order valence-corrected chi connectivity index (χ3v) is 6.09. The summed E-state index contributed by atoms with van der Waals surface area (Å²) in [6, 6.07) is 14.9. The molecule has 10 heteroatoms. The minimum Gasteiger partial charge on any atom is -0.301 e. The number of carbonyl (C=O) groups excluding carboxylic acids is 1. The van der Waals surface area contributed by atoms with Gasteiger partial charge in [-0.1, -0.05) is 53.2 Å². The van der Waals surface area contributed by atoms with Gasteiger partial charge in [0.25, 0.3) is 0 Å². The quantitative estimate of drug-likeness (QED) is 0.387. The average molecular weight is 462 g/mol. The lowest BCUT2D eigenvalue weighted by Crippen LogP contribution is -2.14. The largest absolute Gasteiger partial charge is 0.301 e. The smallest absolute Gasteiger partial charge is 0.236 e. The summed E-state index contributed by atoms with van der Waals surface area (Å²) < 4.78 is 1.84. The van der Waals surface area contributed by atoms with Crippen molar-refractivity contribution >= 4 is 57.3 Å². The number of anilines is 1. The molecule has 0 aliphatic heterocycles. The molecular formula is C19H13Cl2N5OS2. The fourth-order valence-corrected chi connectivity index (χ4v) is 4.49. The number of para-hydroxylation sites is 1. The number of aromatic nitrogens is 4. The van der Waals surface area contributed by atoms with Crippen molar-refractivity contribution in [2.24, 2.45) is 0 Å². The Kier molecular flexibility index (Phi) is 6.15. The molecule has 0 saturated carbocycles. The van der Waals surface area contributed by atoms with Crippen molar-refractivity contribution in [3.05, 3.63) is 70.3 Å². The molecule has 0 atom stereocenters. The molecular weight excluding hydrogens is 449 g/mol. The molecule has 0 aliphatic carbocycles. The highest BCUT2D eigenvalue weighted by Gasteiger charge is 2.13. The van der Waals surface area contributed by atoms with E-state index in [-0.39, 0.29) is 11.7 Å². The molecule has 1 N–H and O–H groups in total. The molecule has 0 spiro atoms. The molecule has 2 aromatic carbocycles. The summed E-state index contributed by atoms with van der Waals surface area (Å²) in [4.78, 5) is 16.8. The summed E-state index contributed by atoms with van der Waals surface area (Å²) in [5.74, 6) is 0.00279. The number of carbonyl (C=O) groups is 1. The highest BCUT2D eigenvalue weighted by molar-refractivity contribution is 7.99. The van der Waals surface area contributed by atoms with E-state index in [9.17, 15) is 4.79 Å². The number of thiazole rings is 1. The van der Waals surface area contributed by atoms with Gasteiger partial charge in [-0.2, -0.15) is 0 Å². The zero-order valence-corrected chi connectivity index (χ0v) is 17.9. The Bertz CT molecular complexity index is 1150. The van der Waals surface area contributed by atoms with Crippen LogP contribution >= 0.6 is 46.3 Å². The molecule has 0 saturated heterocycles. The van der Waals surface area contributed by atoms with Gasteiger partial charge in [-0.05, 0) is 30.3 Å². The number of benzene rings is 2. The van der Waals surface area contributed by atoms with Crippen LogP contribution in [0.2, 0.25) is 10.0 Å². The van der Waals surface area contributed by atoms with Crippen molar-refractivity contribution in [3.63, 3.8) is 0 Å². The van der Waals surface area contributed by atoms with Gasteiger partial charge >= 0.3 is 0 Å². The average Bonchev–Trinajstić information content (AvgIpc) is 3.36. The molecule has 0 aliphatic rings. The lowest BCUT2D eigenvalue weighted by Gasteiger charge is -2.05. The number of halogens is 2. The van der Waals surface area contributed by atoms with Crippen LogP contribution in [-0.2, 0) is 4.79 Å². The molecule has 0 radical (unpaired) electrons. The van der Waals surface area contributed by atoms with Gasteiger partial charge < -0.3 is 5.32 Å². The fourth-order valence-electron chi connectivity index (χ4n) is 2.53. The van der Waals surface area contributed by atoms with Crippen LogP contribution in [-0.4, -0.2) is 31.4 Å². The van der Waals surface area contributed by atoms with Crippen LogP contribution < -0.4 is 5.32 Å². The van der Waals surface area contributed by atoms with Gasteiger partial charge in [0, 0.05) is 21.7 Å². The second kappa shape index (κ2) is 8.96. The van der Waals surface area contributed by atoms with Crippen LogP contribution in [0, 0.1) is 0 Å². The molecule has 1 amide bonds. The van der Waals surface area contributed by atoms with Crippen molar-refractivity contribution in [1.82, 2.24) is 19.7 Å². The molecule has 0 unspecified atom stereocenters. The highest BCUT2D eigenvalue weighted by atomic mass is 35.5. The van der Waals surface area contributed by atoms with E-state index in [1.807, 2.05) is 40.3 Å². The van der Waals surface area contributed by atoms with Gasteiger partial charge in [0.1, 0.15) is 6.33 Å². The van der Waals surface area contributed by atoms with Crippen molar-refractivity contribution in [2.45, 2.75) is 5.16 Å². The first kappa shape index (κ1) is 19.9. The maximum absolute atomic E-state index is 12.3. The van der Waals surface area contributed by atoms with Crippen molar-refractivity contribution < 1.29 is 4.79 Å². The monoisotopic (exact) mass is 461 g/mol. The molecule has 29 heavy (non-hydrogen) atoms. The molecule has 2 heterocycles. The number of hydrogen-bond acceptors (Lipinski definition) is 6. The Morgan fingerprint density at radius 1 is 1.17 bits per heavy atom. The molecule has 4 aromatic rings. The summed E-state index contributed by atoms with van der Waals surface area (Å²) in [6.07, 6.45) is 1.62. The van der Waals surface area contributed by atoms with E-state index in [1.165, 1.54) is 23.1 Å². The maximum atomic E-state index is 12.3. The Morgan fingerprint density at radius 2 is 2.00 bits per heavy atom. The topological polar surface area (TPSA) is 72.7 Å².